The average Bonchev–Trinajstić information content (AvgIpc) is 2.30. The van der Waals surface area contributed by atoms with Gasteiger partial charge in [-0.25, -0.2) is 9.97 Å². The van der Waals surface area contributed by atoms with E-state index in [4.69, 9.17) is 22.1 Å². The molecule has 0 bridgehead atoms. The van der Waals surface area contributed by atoms with Crippen molar-refractivity contribution in [2.75, 3.05) is 18.9 Å². The van der Waals surface area contributed by atoms with Crippen LogP contribution >= 0.6 is 11.6 Å². The molecule has 0 saturated carbocycles. The molecule has 6 heteroatoms. The molecule has 1 aromatic rings. The first-order chi connectivity index (χ1) is 7.77. The predicted octanol–water partition coefficient (Wildman–Crippen LogP) is 0.981. The van der Waals surface area contributed by atoms with Crippen LogP contribution in [0.3, 0.4) is 0 Å². The second kappa shape index (κ2) is 5.43. The summed E-state index contributed by atoms with van der Waals surface area (Å²) in [6, 6.07) is 0.462. The van der Waals surface area contributed by atoms with Crippen molar-refractivity contribution in [1.29, 1.82) is 0 Å². The van der Waals surface area contributed by atoms with Crippen molar-refractivity contribution >= 4 is 17.4 Å². The highest BCUT2D eigenvalue weighted by Crippen LogP contribution is 2.17. The number of anilines is 1. The lowest BCUT2D eigenvalue weighted by Crippen LogP contribution is -2.34. The van der Waals surface area contributed by atoms with Crippen molar-refractivity contribution in [3.05, 3.63) is 17.0 Å². The first kappa shape index (κ1) is 11.6. The predicted molar refractivity (Wildman–Crippen MR) is 62.1 cm³/mol. The van der Waals surface area contributed by atoms with Crippen molar-refractivity contribution in [3.63, 3.8) is 0 Å². The van der Waals surface area contributed by atoms with Crippen LogP contribution in [0.15, 0.2) is 6.33 Å². The number of hydrogen-bond donors (Lipinski definition) is 2. The molecule has 2 heterocycles. The van der Waals surface area contributed by atoms with E-state index in [1.165, 1.54) is 6.33 Å². The zero-order chi connectivity index (χ0) is 11.4. The molecule has 0 spiro atoms. The molecule has 1 saturated heterocycles. The highest BCUT2D eigenvalue weighted by atomic mass is 35.5. The first-order valence-electron chi connectivity index (χ1n) is 5.33. The fraction of sp³-hybridized carbons (Fsp3) is 0.600. The van der Waals surface area contributed by atoms with Crippen LogP contribution in [0.2, 0.25) is 5.15 Å². The molecule has 1 aliphatic heterocycles. The molecule has 1 fully saturated rings. The second-order valence-corrected chi connectivity index (χ2v) is 4.15. The fourth-order valence-electron chi connectivity index (χ4n) is 1.71. The minimum Gasteiger partial charge on any atom is -0.383 e. The quantitative estimate of drug-likeness (QED) is 0.773. The van der Waals surface area contributed by atoms with Gasteiger partial charge in [0.05, 0.1) is 0 Å². The van der Waals surface area contributed by atoms with Gasteiger partial charge in [0.2, 0.25) is 0 Å². The number of nitrogen functional groups attached to an aromatic ring is 1. The molecule has 16 heavy (non-hydrogen) atoms. The molecule has 5 nitrogen and oxygen atoms in total. The molecule has 0 aliphatic carbocycles. The van der Waals surface area contributed by atoms with Gasteiger partial charge in [0.15, 0.2) is 0 Å². The maximum atomic E-state index is 5.95. The number of hydrogen-bond acceptors (Lipinski definition) is 5. The molecule has 0 aromatic carbocycles. The third-order valence-electron chi connectivity index (χ3n) is 2.71. The molecule has 0 atom stereocenters. The largest absolute Gasteiger partial charge is 0.383 e. The minimum absolute atomic E-state index is 0.423. The molecule has 1 aromatic heterocycles. The number of rotatable bonds is 3. The number of nitrogens with zero attached hydrogens (tertiary/aromatic N) is 2. The first-order valence-corrected chi connectivity index (χ1v) is 5.71. The third-order valence-corrected chi connectivity index (χ3v) is 3.04. The summed E-state index contributed by atoms with van der Waals surface area (Å²) in [6.45, 7) is 2.23. The van der Waals surface area contributed by atoms with Crippen LogP contribution in [0.1, 0.15) is 18.4 Å². The standard InChI is InChI=1S/C10H15ClN4O/c11-9-8(10(12)15-6-14-9)5-13-7-1-3-16-4-2-7/h6-7,13H,1-5H2,(H2,12,14,15). The van der Waals surface area contributed by atoms with E-state index in [0.29, 0.717) is 23.6 Å². The van der Waals surface area contributed by atoms with Gasteiger partial charge < -0.3 is 15.8 Å². The van der Waals surface area contributed by atoms with Crippen LogP contribution in [-0.2, 0) is 11.3 Å². The van der Waals surface area contributed by atoms with Gasteiger partial charge in [-0.15, -0.1) is 0 Å². The van der Waals surface area contributed by atoms with Gasteiger partial charge in [-0.2, -0.15) is 0 Å². The Morgan fingerprint density at radius 2 is 2.19 bits per heavy atom. The second-order valence-electron chi connectivity index (χ2n) is 3.80. The zero-order valence-electron chi connectivity index (χ0n) is 8.95. The van der Waals surface area contributed by atoms with Gasteiger partial charge >= 0.3 is 0 Å². The molecular formula is C10H15ClN4O. The SMILES string of the molecule is Nc1ncnc(Cl)c1CNC1CCOCC1. The van der Waals surface area contributed by atoms with Crippen molar-refractivity contribution in [1.82, 2.24) is 15.3 Å². The summed E-state index contributed by atoms with van der Waals surface area (Å²) < 4.78 is 5.28. The van der Waals surface area contributed by atoms with Crippen molar-refractivity contribution in [3.8, 4) is 0 Å². The van der Waals surface area contributed by atoms with E-state index in [9.17, 15) is 0 Å². The van der Waals surface area contributed by atoms with Crippen LogP contribution < -0.4 is 11.1 Å². The number of halogens is 1. The van der Waals surface area contributed by atoms with Crippen molar-refractivity contribution in [2.45, 2.75) is 25.4 Å². The molecule has 1 aliphatic rings. The Hall–Kier alpha value is -0.910. The van der Waals surface area contributed by atoms with Gasteiger partial charge in [-0.3, -0.25) is 0 Å². The Morgan fingerprint density at radius 3 is 2.88 bits per heavy atom. The highest BCUT2D eigenvalue weighted by Gasteiger charge is 2.14. The van der Waals surface area contributed by atoms with Crippen LogP contribution in [-0.4, -0.2) is 29.2 Å². The van der Waals surface area contributed by atoms with Gasteiger partial charge in [0.1, 0.15) is 17.3 Å². The molecule has 0 amide bonds. The number of ether oxygens (including phenoxy) is 1. The fourth-order valence-corrected chi connectivity index (χ4v) is 1.92. The summed E-state index contributed by atoms with van der Waals surface area (Å²) in [5.74, 6) is 0.444. The Morgan fingerprint density at radius 1 is 1.44 bits per heavy atom. The van der Waals surface area contributed by atoms with E-state index in [0.717, 1.165) is 31.6 Å². The van der Waals surface area contributed by atoms with Crippen LogP contribution in [0.5, 0.6) is 0 Å². The summed E-state index contributed by atoms with van der Waals surface area (Å²) in [5.41, 5.74) is 6.51. The molecule has 2 rings (SSSR count). The lowest BCUT2D eigenvalue weighted by atomic mass is 10.1. The van der Waals surface area contributed by atoms with Gasteiger partial charge in [-0.05, 0) is 12.8 Å². The van der Waals surface area contributed by atoms with Gasteiger partial charge in [0.25, 0.3) is 0 Å². The minimum atomic E-state index is 0.423. The van der Waals surface area contributed by atoms with Crippen LogP contribution in [0.25, 0.3) is 0 Å². The summed E-state index contributed by atoms with van der Waals surface area (Å²) in [6.07, 6.45) is 3.41. The molecular weight excluding hydrogens is 228 g/mol. The van der Waals surface area contributed by atoms with Crippen molar-refractivity contribution < 1.29 is 4.74 Å². The number of nitrogens with two attached hydrogens (primary N) is 1. The van der Waals surface area contributed by atoms with Crippen LogP contribution in [0, 0.1) is 0 Å². The Labute approximate surface area is 99.4 Å². The van der Waals surface area contributed by atoms with E-state index in [2.05, 4.69) is 15.3 Å². The monoisotopic (exact) mass is 242 g/mol. The Bertz CT molecular complexity index is 334. The third kappa shape index (κ3) is 2.81. The van der Waals surface area contributed by atoms with Crippen LogP contribution in [0.4, 0.5) is 5.82 Å². The Kier molecular flexibility index (Phi) is 3.93. The van der Waals surface area contributed by atoms with E-state index in [1.54, 1.807) is 0 Å². The summed E-state index contributed by atoms with van der Waals surface area (Å²) in [7, 11) is 0. The van der Waals surface area contributed by atoms with Gasteiger partial charge in [0, 0.05) is 31.4 Å². The molecule has 0 radical (unpaired) electrons. The Balaban J connectivity index is 1.93. The van der Waals surface area contributed by atoms with E-state index in [1.807, 2.05) is 0 Å². The number of nitrogens with one attached hydrogen (secondary N) is 1. The maximum absolute atomic E-state index is 5.95. The lowest BCUT2D eigenvalue weighted by Gasteiger charge is -2.23. The van der Waals surface area contributed by atoms with E-state index < -0.39 is 0 Å². The molecule has 0 unspecified atom stereocenters. The molecule has 3 N–H and O–H groups in total. The topological polar surface area (TPSA) is 73.1 Å². The van der Waals surface area contributed by atoms with Crippen molar-refractivity contribution in [2.24, 2.45) is 0 Å². The average molecular weight is 243 g/mol. The summed E-state index contributed by atoms with van der Waals surface area (Å²) in [5, 5.41) is 3.82. The summed E-state index contributed by atoms with van der Waals surface area (Å²) in [4.78, 5) is 7.83. The van der Waals surface area contributed by atoms with Gasteiger partial charge in [-0.1, -0.05) is 11.6 Å². The van der Waals surface area contributed by atoms with E-state index in [-0.39, 0.29) is 0 Å². The molecule has 88 valence electrons. The smallest absolute Gasteiger partial charge is 0.139 e. The highest BCUT2D eigenvalue weighted by molar-refractivity contribution is 6.30. The van der Waals surface area contributed by atoms with E-state index >= 15 is 0 Å². The summed E-state index contributed by atoms with van der Waals surface area (Å²) >= 11 is 5.95. The normalized spacial score (nSPS) is 17.6. The number of aromatic nitrogens is 2. The zero-order valence-corrected chi connectivity index (χ0v) is 9.70. The maximum Gasteiger partial charge on any atom is 0.139 e. The lowest BCUT2D eigenvalue weighted by molar-refractivity contribution is 0.0776.